The first-order valence-corrected chi connectivity index (χ1v) is 11.3. The first-order valence-electron chi connectivity index (χ1n) is 10.5. The van der Waals surface area contributed by atoms with E-state index in [9.17, 15) is 15.0 Å². The lowest BCUT2D eigenvalue weighted by molar-refractivity contribution is 0.0461. The molecule has 1 unspecified atom stereocenters. The fourth-order valence-electron chi connectivity index (χ4n) is 3.62. The average Bonchev–Trinajstić information content (AvgIpc) is 3.27. The molecule has 0 bridgehead atoms. The van der Waals surface area contributed by atoms with E-state index in [2.05, 4.69) is 11.8 Å². The van der Waals surface area contributed by atoms with Crippen molar-refractivity contribution in [1.29, 1.82) is 0 Å². The highest BCUT2D eigenvalue weighted by Crippen LogP contribution is 2.23. The Bertz CT molecular complexity index is 898. The van der Waals surface area contributed by atoms with Gasteiger partial charge in [0.2, 0.25) is 0 Å². The molecule has 0 aliphatic carbocycles. The van der Waals surface area contributed by atoms with Crippen LogP contribution in [0.3, 0.4) is 0 Å². The quantitative estimate of drug-likeness (QED) is 0.423. The molecule has 0 aliphatic heterocycles. The third-order valence-corrected chi connectivity index (χ3v) is 6.68. The van der Waals surface area contributed by atoms with Gasteiger partial charge in [-0.25, -0.2) is 0 Å². The Hall–Kier alpha value is -2.51. The van der Waals surface area contributed by atoms with Crippen LogP contribution in [0.2, 0.25) is 0 Å². The van der Waals surface area contributed by atoms with Crippen LogP contribution in [0.15, 0.2) is 72.8 Å². The van der Waals surface area contributed by atoms with Crippen LogP contribution in [0.25, 0.3) is 0 Å². The number of hydrogen-bond acceptors (Lipinski definition) is 5. The molecule has 3 aromatic rings. The number of aliphatic hydroxyl groups excluding tert-OH is 2. The van der Waals surface area contributed by atoms with Crippen molar-refractivity contribution in [2.45, 2.75) is 38.0 Å². The fourth-order valence-corrected chi connectivity index (χ4v) is 4.49. The third-order valence-electron chi connectivity index (χ3n) is 5.52. The van der Waals surface area contributed by atoms with Gasteiger partial charge in [-0.2, -0.15) is 0 Å². The van der Waals surface area contributed by atoms with Crippen molar-refractivity contribution in [2.75, 3.05) is 13.1 Å². The molecule has 0 aliphatic rings. The lowest BCUT2D eigenvalue weighted by Gasteiger charge is -2.33. The van der Waals surface area contributed by atoms with Crippen LogP contribution in [-0.4, -0.2) is 40.2 Å². The number of amides is 1. The standard InChI is InChI=1S/C25H30N2O3S/c1-18(12-13-21-14-15-24(31-21)25(26)30)27(16-22(28)19-8-4-2-5-9-19)17-23(29)20-10-6-3-7-11-20/h2-11,14-15,18,22-23,28-29H,12-13,16-17H2,1H3,(H2,26,30)/t18?,22-,23-/m0/s1. The van der Waals surface area contributed by atoms with Gasteiger partial charge in [0.25, 0.3) is 5.91 Å². The molecule has 0 radical (unpaired) electrons. The highest BCUT2D eigenvalue weighted by Gasteiger charge is 2.22. The first kappa shape index (κ1) is 23.2. The molecular formula is C25H30N2O3S. The van der Waals surface area contributed by atoms with Crippen LogP contribution in [-0.2, 0) is 6.42 Å². The third kappa shape index (κ3) is 6.74. The molecule has 1 amide bonds. The van der Waals surface area contributed by atoms with Crippen LogP contribution < -0.4 is 5.73 Å². The Morgan fingerprint density at radius 2 is 1.42 bits per heavy atom. The van der Waals surface area contributed by atoms with E-state index in [1.807, 2.05) is 66.7 Å². The van der Waals surface area contributed by atoms with Gasteiger partial charge >= 0.3 is 0 Å². The second-order valence-electron chi connectivity index (χ2n) is 7.82. The van der Waals surface area contributed by atoms with E-state index >= 15 is 0 Å². The molecule has 5 nitrogen and oxygen atoms in total. The second kappa shape index (κ2) is 11.2. The zero-order chi connectivity index (χ0) is 22.2. The first-order chi connectivity index (χ1) is 14.9. The monoisotopic (exact) mass is 438 g/mol. The van der Waals surface area contributed by atoms with Crippen molar-refractivity contribution in [3.63, 3.8) is 0 Å². The van der Waals surface area contributed by atoms with Crippen LogP contribution in [0.1, 0.15) is 51.2 Å². The summed E-state index contributed by atoms with van der Waals surface area (Å²) in [7, 11) is 0. The van der Waals surface area contributed by atoms with Crippen LogP contribution >= 0.6 is 11.3 Å². The Labute approximate surface area is 187 Å². The predicted octanol–water partition coefficient (Wildman–Crippen LogP) is 3.94. The number of thiophene rings is 1. The van der Waals surface area contributed by atoms with Crippen molar-refractivity contribution in [3.8, 4) is 0 Å². The fraction of sp³-hybridized carbons (Fsp3) is 0.320. The van der Waals surface area contributed by atoms with Gasteiger partial charge in [0.05, 0.1) is 17.1 Å². The maximum atomic E-state index is 11.3. The number of carbonyl (C=O) groups excluding carboxylic acids is 1. The summed E-state index contributed by atoms with van der Waals surface area (Å²) in [5.41, 5.74) is 7.08. The van der Waals surface area contributed by atoms with Gasteiger partial charge in [0, 0.05) is 24.0 Å². The number of rotatable bonds is 11. The molecule has 0 spiro atoms. The molecule has 2 aromatic carbocycles. The van der Waals surface area contributed by atoms with E-state index in [4.69, 9.17) is 5.73 Å². The normalized spacial score (nSPS) is 14.3. The van der Waals surface area contributed by atoms with Crippen molar-refractivity contribution in [3.05, 3.63) is 93.7 Å². The number of benzene rings is 2. The largest absolute Gasteiger partial charge is 0.387 e. The molecule has 164 valence electrons. The van der Waals surface area contributed by atoms with Crippen molar-refractivity contribution in [1.82, 2.24) is 4.90 Å². The van der Waals surface area contributed by atoms with Crippen LogP contribution in [0.5, 0.6) is 0 Å². The molecular weight excluding hydrogens is 408 g/mol. The molecule has 0 fully saturated rings. The van der Waals surface area contributed by atoms with Gasteiger partial charge in [0.1, 0.15) is 0 Å². The summed E-state index contributed by atoms with van der Waals surface area (Å²) in [6.07, 6.45) is 0.352. The highest BCUT2D eigenvalue weighted by atomic mass is 32.1. The van der Waals surface area contributed by atoms with E-state index in [-0.39, 0.29) is 6.04 Å². The predicted molar refractivity (Wildman–Crippen MR) is 125 cm³/mol. The van der Waals surface area contributed by atoms with Gasteiger partial charge in [-0.05, 0) is 43.0 Å². The molecule has 31 heavy (non-hydrogen) atoms. The lowest BCUT2D eigenvalue weighted by atomic mass is 10.0. The van der Waals surface area contributed by atoms with Gasteiger partial charge in [-0.1, -0.05) is 60.7 Å². The number of primary amides is 1. The zero-order valence-corrected chi connectivity index (χ0v) is 18.5. The van der Waals surface area contributed by atoms with Gasteiger partial charge in [-0.15, -0.1) is 11.3 Å². The number of aryl methyl sites for hydroxylation is 1. The van der Waals surface area contributed by atoms with Crippen molar-refractivity contribution in [2.24, 2.45) is 5.73 Å². The second-order valence-corrected chi connectivity index (χ2v) is 8.99. The summed E-state index contributed by atoms with van der Waals surface area (Å²) in [4.78, 5) is 15.2. The lowest BCUT2D eigenvalue weighted by Crippen LogP contribution is -2.39. The summed E-state index contributed by atoms with van der Waals surface area (Å²) in [6, 6.07) is 23.0. The van der Waals surface area contributed by atoms with Crippen molar-refractivity contribution < 1.29 is 15.0 Å². The van der Waals surface area contributed by atoms with E-state index in [1.165, 1.54) is 11.3 Å². The summed E-state index contributed by atoms with van der Waals surface area (Å²) < 4.78 is 0. The minimum absolute atomic E-state index is 0.121. The minimum atomic E-state index is -0.644. The Morgan fingerprint density at radius 3 is 1.87 bits per heavy atom. The number of hydrogen-bond donors (Lipinski definition) is 3. The summed E-state index contributed by atoms with van der Waals surface area (Å²) in [6.45, 7) is 2.95. The summed E-state index contributed by atoms with van der Waals surface area (Å²) in [5.74, 6) is -0.400. The Kier molecular flexibility index (Phi) is 8.37. The number of carbonyl (C=O) groups is 1. The zero-order valence-electron chi connectivity index (χ0n) is 17.7. The summed E-state index contributed by atoms with van der Waals surface area (Å²) >= 11 is 1.42. The topological polar surface area (TPSA) is 86.8 Å². The number of nitrogens with two attached hydrogens (primary N) is 1. The Balaban J connectivity index is 1.69. The number of aliphatic hydroxyl groups is 2. The van der Waals surface area contributed by atoms with Gasteiger partial charge in [0.15, 0.2) is 0 Å². The molecule has 0 saturated carbocycles. The average molecular weight is 439 g/mol. The van der Waals surface area contributed by atoms with E-state index < -0.39 is 18.1 Å². The molecule has 4 N–H and O–H groups in total. The minimum Gasteiger partial charge on any atom is -0.387 e. The smallest absolute Gasteiger partial charge is 0.258 e. The molecule has 1 aromatic heterocycles. The molecule has 3 rings (SSSR count). The number of nitrogens with zero attached hydrogens (tertiary/aromatic N) is 1. The maximum Gasteiger partial charge on any atom is 0.258 e. The van der Waals surface area contributed by atoms with Gasteiger partial charge in [-0.3, -0.25) is 9.69 Å². The van der Waals surface area contributed by atoms with E-state index in [0.717, 1.165) is 28.8 Å². The summed E-state index contributed by atoms with van der Waals surface area (Å²) in [5, 5.41) is 21.6. The molecule has 3 atom stereocenters. The maximum absolute atomic E-state index is 11.3. The molecule has 1 heterocycles. The van der Waals surface area contributed by atoms with E-state index in [0.29, 0.717) is 18.0 Å². The van der Waals surface area contributed by atoms with Crippen molar-refractivity contribution >= 4 is 17.2 Å². The van der Waals surface area contributed by atoms with Crippen LogP contribution in [0.4, 0.5) is 0 Å². The van der Waals surface area contributed by atoms with E-state index in [1.54, 1.807) is 6.07 Å². The Morgan fingerprint density at radius 1 is 0.903 bits per heavy atom. The highest BCUT2D eigenvalue weighted by molar-refractivity contribution is 7.14. The van der Waals surface area contributed by atoms with Crippen LogP contribution in [0, 0.1) is 0 Å². The molecule has 6 heteroatoms. The SMILES string of the molecule is CC(CCc1ccc(C(N)=O)s1)N(C[C@H](O)c1ccccc1)C[C@H](O)c1ccccc1. The molecule has 0 saturated heterocycles. The van der Waals surface area contributed by atoms with Gasteiger partial charge < -0.3 is 15.9 Å².